The average molecular weight is 363 g/mol. The number of hydrogen-bond donors (Lipinski definition) is 2. The number of hydrogen-bond acceptors (Lipinski definition) is 4. The predicted octanol–water partition coefficient (Wildman–Crippen LogP) is 1.53. The molecule has 2 aliphatic heterocycles. The molecule has 4 heterocycles. The molecule has 1 spiro atoms. The number of primary amides is 1. The lowest BCUT2D eigenvalue weighted by Gasteiger charge is -2.40. The normalized spacial score (nSPS) is 19.1. The van der Waals surface area contributed by atoms with Crippen molar-refractivity contribution in [3.8, 4) is 0 Å². The lowest BCUT2D eigenvalue weighted by Crippen LogP contribution is -2.46. The largest absolute Gasteiger partial charge is 0.365 e. The molecule has 27 heavy (non-hydrogen) atoms. The summed E-state index contributed by atoms with van der Waals surface area (Å²) in [5, 5.41) is 7.24. The number of fused-ring (bicyclic) bond motifs is 3. The molecule has 0 bridgehead atoms. The van der Waals surface area contributed by atoms with Gasteiger partial charge in [0.2, 0.25) is 5.91 Å². The Labute approximate surface area is 156 Å². The van der Waals surface area contributed by atoms with Crippen LogP contribution >= 0.6 is 0 Å². The smallest absolute Gasteiger partial charge is 0.252 e. The van der Waals surface area contributed by atoms with Crippen molar-refractivity contribution in [3.63, 3.8) is 0 Å². The van der Waals surface area contributed by atoms with Crippen molar-refractivity contribution in [2.75, 3.05) is 24.6 Å². The first kappa shape index (κ1) is 16.1. The highest BCUT2D eigenvalue weighted by atomic mass is 16.2. The van der Waals surface area contributed by atoms with Gasteiger partial charge in [0.15, 0.2) is 0 Å². The van der Waals surface area contributed by atoms with Crippen molar-refractivity contribution in [1.82, 2.24) is 15.0 Å². The van der Waals surface area contributed by atoms with Crippen LogP contribution in [0.4, 0.5) is 0 Å². The summed E-state index contributed by atoms with van der Waals surface area (Å²) in [4.78, 5) is 28.0. The van der Waals surface area contributed by atoms with Gasteiger partial charge in [0, 0.05) is 49.2 Å². The van der Waals surface area contributed by atoms with Crippen molar-refractivity contribution < 1.29 is 9.59 Å². The third kappa shape index (κ3) is 2.38. The van der Waals surface area contributed by atoms with E-state index < -0.39 is 5.91 Å². The minimum atomic E-state index is -0.476. The van der Waals surface area contributed by atoms with E-state index >= 15 is 0 Å². The summed E-state index contributed by atoms with van der Waals surface area (Å²) in [6.45, 7) is 2.41. The number of rotatable bonds is 2. The van der Waals surface area contributed by atoms with Gasteiger partial charge in [-0.05, 0) is 24.3 Å². The van der Waals surface area contributed by atoms with Crippen LogP contribution in [0.15, 0.2) is 36.7 Å². The first-order valence-corrected chi connectivity index (χ1v) is 9.27. The van der Waals surface area contributed by atoms with Crippen LogP contribution in [0.5, 0.6) is 0 Å². The van der Waals surface area contributed by atoms with Gasteiger partial charge in [-0.25, -0.2) is 0 Å². The molecule has 5 rings (SSSR count). The molecule has 0 aliphatic carbocycles. The zero-order valence-electron chi connectivity index (χ0n) is 14.9. The van der Waals surface area contributed by atoms with Crippen molar-refractivity contribution in [3.05, 3.63) is 42.2 Å². The molecular formula is C20H21N5O2. The van der Waals surface area contributed by atoms with Gasteiger partial charge in [0.1, 0.15) is 0 Å². The Morgan fingerprint density at radius 2 is 1.93 bits per heavy atom. The molecule has 138 valence electrons. The molecule has 2 fully saturated rings. The van der Waals surface area contributed by atoms with Crippen LogP contribution in [0.3, 0.4) is 0 Å². The van der Waals surface area contributed by atoms with E-state index in [9.17, 15) is 9.59 Å². The van der Waals surface area contributed by atoms with E-state index in [-0.39, 0.29) is 11.3 Å². The number of nitrogens with one attached hydrogen (secondary N) is 1. The Kier molecular flexibility index (Phi) is 3.40. The van der Waals surface area contributed by atoms with Crippen molar-refractivity contribution >= 4 is 33.6 Å². The van der Waals surface area contributed by atoms with Crippen LogP contribution in [0, 0.1) is 5.41 Å². The maximum absolute atomic E-state index is 12.1. The van der Waals surface area contributed by atoms with Gasteiger partial charge in [-0.15, -0.1) is 0 Å². The van der Waals surface area contributed by atoms with Gasteiger partial charge in [-0.2, -0.15) is 0 Å². The van der Waals surface area contributed by atoms with E-state index in [0.29, 0.717) is 12.0 Å². The molecule has 3 aromatic rings. The van der Waals surface area contributed by atoms with Crippen LogP contribution in [-0.2, 0) is 4.79 Å². The molecule has 2 amide bonds. The number of carbonyl (C=O) groups is 2. The second kappa shape index (κ2) is 5.70. The topological polar surface area (TPSA) is 93.2 Å². The lowest BCUT2D eigenvalue weighted by atomic mass is 9.78. The first-order valence-electron chi connectivity index (χ1n) is 9.27. The molecule has 0 unspecified atom stereocenters. The van der Waals surface area contributed by atoms with Gasteiger partial charge >= 0.3 is 0 Å². The average Bonchev–Trinajstić information content (AvgIpc) is 3.20. The molecule has 0 atom stereocenters. The predicted molar refractivity (Wildman–Crippen MR) is 103 cm³/mol. The van der Waals surface area contributed by atoms with Crippen LogP contribution in [0.2, 0.25) is 0 Å². The molecule has 7 nitrogen and oxygen atoms in total. The Balaban J connectivity index is 1.64. The molecule has 3 N–H and O–H groups in total. The fraction of sp³-hybridized carbons (Fsp3) is 0.350. The number of amides is 2. The fourth-order valence-electron chi connectivity index (χ4n) is 4.63. The zero-order chi connectivity index (χ0) is 18.6. The molecule has 7 heteroatoms. The Morgan fingerprint density at radius 1 is 1.15 bits per heavy atom. The van der Waals surface area contributed by atoms with E-state index in [2.05, 4.69) is 26.1 Å². The van der Waals surface area contributed by atoms with E-state index in [0.717, 1.165) is 54.3 Å². The van der Waals surface area contributed by atoms with E-state index in [4.69, 9.17) is 5.73 Å². The maximum Gasteiger partial charge on any atom is 0.252 e. The molecule has 0 radical (unpaired) electrons. The van der Waals surface area contributed by atoms with E-state index in [1.54, 1.807) is 12.4 Å². The van der Waals surface area contributed by atoms with Gasteiger partial charge in [-0.1, -0.05) is 18.2 Å². The van der Waals surface area contributed by atoms with Gasteiger partial charge < -0.3 is 16.1 Å². The standard InChI is InChI=1S/C20H21N5O2/c21-19(27)15-11-22-10-14-13-3-1-2-4-16(13)25(18(14)15)24-7-5-20(6-8-24)9-17(26)23-12-20/h1-4,10-11H,5-9,12H2,(H2,21,27)(H,23,26). The Bertz CT molecular complexity index is 1080. The van der Waals surface area contributed by atoms with Gasteiger partial charge in [-0.3, -0.25) is 19.2 Å². The molecule has 2 saturated heterocycles. The number of para-hydroxylation sites is 1. The van der Waals surface area contributed by atoms with Crippen molar-refractivity contribution in [2.45, 2.75) is 19.3 Å². The van der Waals surface area contributed by atoms with Crippen molar-refractivity contribution in [1.29, 1.82) is 0 Å². The maximum atomic E-state index is 12.1. The number of carbonyl (C=O) groups excluding carboxylic acids is 2. The highest BCUT2D eigenvalue weighted by Crippen LogP contribution is 2.39. The number of aromatic nitrogens is 2. The van der Waals surface area contributed by atoms with Crippen LogP contribution in [0.25, 0.3) is 21.8 Å². The summed E-state index contributed by atoms with van der Waals surface area (Å²) >= 11 is 0. The third-order valence-corrected chi connectivity index (χ3v) is 6.10. The van der Waals surface area contributed by atoms with Crippen LogP contribution in [-0.4, -0.2) is 41.1 Å². The Morgan fingerprint density at radius 3 is 2.63 bits per heavy atom. The number of nitrogens with zero attached hydrogens (tertiary/aromatic N) is 3. The number of piperidine rings is 1. The fourth-order valence-corrected chi connectivity index (χ4v) is 4.63. The monoisotopic (exact) mass is 363 g/mol. The highest BCUT2D eigenvalue weighted by Gasteiger charge is 2.41. The molecule has 0 saturated carbocycles. The SMILES string of the molecule is NC(=O)c1cncc2c3ccccc3n(N3CCC4(CC3)CNC(=O)C4)c12. The van der Waals surface area contributed by atoms with Gasteiger partial charge in [0.05, 0.1) is 16.6 Å². The lowest BCUT2D eigenvalue weighted by molar-refractivity contribution is -0.119. The first-order chi connectivity index (χ1) is 13.1. The Hall–Kier alpha value is -3.09. The molecule has 2 aliphatic rings. The van der Waals surface area contributed by atoms with Crippen LogP contribution in [0.1, 0.15) is 29.6 Å². The van der Waals surface area contributed by atoms with Crippen molar-refractivity contribution in [2.24, 2.45) is 11.1 Å². The van der Waals surface area contributed by atoms with E-state index in [1.165, 1.54) is 0 Å². The summed E-state index contributed by atoms with van der Waals surface area (Å²) in [7, 11) is 0. The van der Waals surface area contributed by atoms with Crippen LogP contribution < -0.4 is 16.1 Å². The second-order valence-electron chi connectivity index (χ2n) is 7.68. The molecule has 2 aromatic heterocycles. The summed E-state index contributed by atoms with van der Waals surface area (Å²) in [5.74, 6) is -0.321. The molecular weight excluding hydrogens is 342 g/mol. The summed E-state index contributed by atoms with van der Waals surface area (Å²) in [6, 6.07) is 8.10. The summed E-state index contributed by atoms with van der Waals surface area (Å²) in [6.07, 6.45) is 5.84. The quantitative estimate of drug-likeness (QED) is 0.722. The number of pyridine rings is 1. The zero-order valence-corrected chi connectivity index (χ0v) is 14.9. The minimum absolute atomic E-state index is 0.0699. The number of benzene rings is 1. The highest BCUT2D eigenvalue weighted by molar-refractivity contribution is 6.15. The molecule has 1 aromatic carbocycles. The van der Waals surface area contributed by atoms with E-state index in [1.807, 2.05) is 18.2 Å². The minimum Gasteiger partial charge on any atom is -0.365 e. The summed E-state index contributed by atoms with van der Waals surface area (Å²) in [5.41, 5.74) is 8.01. The third-order valence-electron chi connectivity index (χ3n) is 6.10. The summed E-state index contributed by atoms with van der Waals surface area (Å²) < 4.78 is 2.13. The van der Waals surface area contributed by atoms with Gasteiger partial charge in [0.25, 0.3) is 5.91 Å². The second-order valence-corrected chi connectivity index (χ2v) is 7.68. The number of nitrogens with two attached hydrogens (primary N) is 1.